The Kier molecular flexibility index (Phi) is 5.29. The van der Waals surface area contributed by atoms with E-state index in [1.807, 2.05) is 45.0 Å². The average Bonchev–Trinajstić information content (AvgIpc) is 2.46. The van der Waals surface area contributed by atoms with Crippen LogP contribution < -0.4 is 4.74 Å². The molecule has 1 aromatic carbocycles. The third-order valence-electron chi connectivity index (χ3n) is 3.48. The molecule has 0 aromatic heterocycles. The number of hydrogen-bond acceptors (Lipinski definition) is 4. The Balaban J connectivity index is 1.83. The van der Waals surface area contributed by atoms with Crippen molar-refractivity contribution in [1.82, 2.24) is 4.90 Å². The van der Waals surface area contributed by atoms with Crippen LogP contribution in [0.1, 0.15) is 39.2 Å². The smallest absolute Gasteiger partial charge is 0.410 e. The molecular weight excluding hydrogens is 282 g/mol. The van der Waals surface area contributed by atoms with Crippen molar-refractivity contribution >= 4 is 6.09 Å². The molecule has 1 amide bonds. The van der Waals surface area contributed by atoms with Crippen LogP contribution in [-0.2, 0) is 11.3 Å². The molecule has 0 spiro atoms. The molecule has 0 radical (unpaired) electrons. The summed E-state index contributed by atoms with van der Waals surface area (Å²) in [6.45, 7) is 6.89. The van der Waals surface area contributed by atoms with Gasteiger partial charge in [0.2, 0.25) is 0 Å². The molecule has 5 nitrogen and oxygen atoms in total. The predicted molar refractivity (Wildman–Crippen MR) is 83.8 cm³/mol. The minimum Gasteiger partial charge on any atom is -0.490 e. The van der Waals surface area contributed by atoms with E-state index in [1.165, 1.54) is 0 Å². The molecule has 1 fully saturated rings. The molecule has 0 saturated carbocycles. The fourth-order valence-electron chi connectivity index (χ4n) is 2.39. The molecule has 22 heavy (non-hydrogen) atoms. The van der Waals surface area contributed by atoms with Gasteiger partial charge in [-0.25, -0.2) is 4.79 Å². The second-order valence-electron chi connectivity index (χ2n) is 6.59. The number of carbonyl (C=O) groups excluding carboxylic acids is 1. The molecule has 0 atom stereocenters. The topological polar surface area (TPSA) is 59.0 Å². The van der Waals surface area contributed by atoms with E-state index in [0.717, 1.165) is 24.2 Å². The fourth-order valence-corrected chi connectivity index (χ4v) is 2.39. The summed E-state index contributed by atoms with van der Waals surface area (Å²) in [5.74, 6) is 0.766. The van der Waals surface area contributed by atoms with Crippen molar-refractivity contribution in [3.05, 3.63) is 29.8 Å². The number of piperidine rings is 1. The normalized spacial score (nSPS) is 16.5. The highest BCUT2D eigenvalue weighted by molar-refractivity contribution is 5.68. The molecule has 0 unspecified atom stereocenters. The third kappa shape index (κ3) is 4.91. The Morgan fingerprint density at radius 1 is 1.32 bits per heavy atom. The maximum absolute atomic E-state index is 12.0. The van der Waals surface area contributed by atoms with E-state index in [4.69, 9.17) is 14.6 Å². The molecule has 1 heterocycles. The standard InChI is InChI=1S/C17H25NO4/c1-17(2,3)22-16(20)18-9-7-14(8-10-18)21-15-6-4-5-13(11-15)12-19/h4-6,11,14,19H,7-10,12H2,1-3H3. The maximum atomic E-state index is 12.0. The van der Waals surface area contributed by atoms with Gasteiger partial charge in [0, 0.05) is 25.9 Å². The Morgan fingerprint density at radius 3 is 2.59 bits per heavy atom. The molecule has 1 aliphatic heterocycles. The van der Waals surface area contributed by atoms with Crippen molar-refractivity contribution in [2.24, 2.45) is 0 Å². The largest absolute Gasteiger partial charge is 0.490 e. The van der Waals surface area contributed by atoms with Crippen LogP contribution in [0.25, 0.3) is 0 Å². The van der Waals surface area contributed by atoms with Crippen molar-refractivity contribution in [3.8, 4) is 5.75 Å². The first kappa shape index (κ1) is 16.6. The van der Waals surface area contributed by atoms with Gasteiger partial charge < -0.3 is 19.5 Å². The van der Waals surface area contributed by atoms with Crippen LogP contribution in [0, 0.1) is 0 Å². The number of rotatable bonds is 3. The zero-order valence-corrected chi connectivity index (χ0v) is 13.5. The first-order chi connectivity index (χ1) is 10.4. The number of carbonyl (C=O) groups is 1. The fraction of sp³-hybridized carbons (Fsp3) is 0.588. The number of amides is 1. The number of aliphatic hydroxyl groups is 1. The quantitative estimate of drug-likeness (QED) is 0.932. The molecule has 0 aliphatic carbocycles. The highest BCUT2D eigenvalue weighted by Gasteiger charge is 2.27. The van der Waals surface area contributed by atoms with E-state index in [9.17, 15) is 4.79 Å². The Hall–Kier alpha value is -1.75. The van der Waals surface area contributed by atoms with Gasteiger partial charge >= 0.3 is 6.09 Å². The summed E-state index contributed by atoms with van der Waals surface area (Å²) in [7, 11) is 0. The number of aliphatic hydroxyl groups excluding tert-OH is 1. The first-order valence-electron chi connectivity index (χ1n) is 7.72. The third-order valence-corrected chi connectivity index (χ3v) is 3.48. The SMILES string of the molecule is CC(C)(C)OC(=O)N1CCC(Oc2cccc(CO)c2)CC1. The van der Waals surface area contributed by atoms with Gasteiger partial charge in [-0.15, -0.1) is 0 Å². The van der Waals surface area contributed by atoms with Crippen LogP contribution in [0.4, 0.5) is 4.79 Å². The number of likely N-dealkylation sites (tertiary alicyclic amines) is 1. The molecular formula is C17H25NO4. The molecule has 1 aromatic rings. The molecule has 1 aliphatic rings. The summed E-state index contributed by atoms with van der Waals surface area (Å²) in [6, 6.07) is 7.47. The average molecular weight is 307 g/mol. The summed E-state index contributed by atoms with van der Waals surface area (Å²) in [5, 5.41) is 9.14. The second kappa shape index (κ2) is 7.01. The Bertz CT molecular complexity index is 502. The van der Waals surface area contributed by atoms with Crippen molar-refractivity contribution in [2.75, 3.05) is 13.1 Å². The van der Waals surface area contributed by atoms with Crippen LogP contribution in [0.15, 0.2) is 24.3 Å². The summed E-state index contributed by atoms with van der Waals surface area (Å²) in [6.07, 6.45) is 1.39. The van der Waals surface area contributed by atoms with Gasteiger partial charge in [0.25, 0.3) is 0 Å². The van der Waals surface area contributed by atoms with Crippen molar-refractivity contribution in [2.45, 2.75) is 51.9 Å². The molecule has 2 rings (SSSR count). The lowest BCUT2D eigenvalue weighted by Gasteiger charge is -2.33. The van der Waals surface area contributed by atoms with Gasteiger partial charge in [-0.1, -0.05) is 12.1 Å². The summed E-state index contributed by atoms with van der Waals surface area (Å²) in [5.41, 5.74) is 0.374. The van der Waals surface area contributed by atoms with Gasteiger partial charge in [0.15, 0.2) is 0 Å². The zero-order valence-electron chi connectivity index (χ0n) is 13.5. The van der Waals surface area contributed by atoms with E-state index in [1.54, 1.807) is 4.90 Å². The van der Waals surface area contributed by atoms with Gasteiger partial charge in [-0.05, 0) is 38.5 Å². The second-order valence-corrected chi connectivity index (χ2v) is 6.59. The first-order valence-corrected chi connectivity index (χ1v) is 7.72. The van der Waals surface area contributed by atoms with Crippen LogP contribution in [0.3, 0.4) is 0 Å². The van der Waals surface area contributed by atoms with E-state index in [2.05, 4.69) is 0 Å². The van der Waals surface area contributed by atoms with Crippen molar-refractivity contribution in [3.63, 3.8) is 0 Å². The van der Waals surface area contributed by atoms with Crippen LogP contribution in [0.2, 0.25) is 0 Å². The van der Waals surface area contributed by atoms with Crippen molar-refractivity contribution < 1.29 is 19.4 Å². The summed E-state index contributed by atoms with van der Waals surface area (Å²) in [4.78, 5) is 13.7. The van der Waals surface area contributed by atoms with Crippen molar-refractivity contribution in [1.29, 1.82) is 0 Å². The highest BCUT2D eigenvalue weighted by atomic mass is 16.6. The lowest BCUT2D eigenvalue weighted by atomic mass is 10.1. The van der Waals surface area contributed by atoms with E-state index in [-0.39, 0.29) is 18.8 Å². The van der Waals surface area contributed by atoms with Gasteiger partial charge in [0.05, 0.1) is 6.61 Å². The van der Waals surface area contributed by atoms with Gasteiger partial charge in [0.1, 0.15) is 17.5 Å². The van der Waals surface area contributed by atoms with E-state index in [0.29, 0.717) is 13.1 Å². The summed E-state index contributed by atoms with van der Waals surface area (Å²) < 4.78 is 11.3. The molecule has 122 valence electrons. The predicted octanol–water partition coefficient (Wildman–Crippen LogP) is 2.96. The molecule has 1 saturated heterocycles. The van der Waals surface area contributed by atoms with Crippen LogP contribution in [-0.4, -0.2) is 40.9 Å². The monoisotopic (exact) mass is 307 g/mol. The zero-order chi connectivity index (χ0) is 16.2. The Labute approximate surface area is 131 Å². The maximum Gasteiger partial charge on any atom is 0.410 e. The number of benzene rings is 1. The Morgan fingerprint density at radius 2 is 2.00 bits per heavy atom. The number of hydrogen-bond donors (Lipinski definition) is 1. The van der Waals surface area contributed by atoms with Gasteiger partial charge in [-0.3, -0.25) is 0 Å². The number of ether oxygens (including phenoxy) is 2. The van der Waals surface area contributed by atoms with E-state index >= 15 is 0 Å². The lowest BCUT2D eigenvalue weighted by Crippen LogP contribution is -2.44. The minimum absolute atomic E-state index is 0.00822. The van der Waals surface area contributed by atoms with E-state index < -0.39 is 5.60 Å². The molecule has 5 heteroatoms. The van der Waals surface area contributed by atoms with Crippen LogP contribution >= 0.6 is 0 Å². The number of nitrogens with zero attached hydrogens (tertiary/aromatic N) is 1. The van der Waals surface area contributed by atoms with Crippen LogP contribution in [0.5, 0.6) is 5.75 Å². The lowest BCUT2D eigenvalue weighted by molar-refractivity contribution is 0.0126. The highest BCUT2D eigenvalue weighted by Crippen LogP contribution is 2.21. The van der Waals surface area contributed by atoms with Gasteiger partial charge in [-0.2, -0.15) is 0 Å². The molecule has 1 N–H and O–H groups in total. The molecule has 0 bridgehead atoms. The summed E-state index contributed by atoms with van der Waals surface area (Å²) >= 11 is 0. The minimum atomic E-state index is -0.463.